The maximum absolute atomic E-state index is 11.2. The van der Waals surface area contributed by atoms with Crippen molar-refractivity contribution in [2.45, 2.75) is 122 Å². The molecule has 1 heteroatoms. The number of carbonyl (C=O) groups is 1. The summed E-state index contributed by atoms with van der Waals surface area (Å²) >= 11 is 0. The molecule has 144 valence electrons. The fraction of sp³-hybridized carbons (Fsp3) is 0.955. The Morgan fingerprint density at radius 2 is 1.22 bits per heavy atom. The van der Waals surface area contributed by atoms with Gasteiger partial charge in [0.2, 0.25) is 0 Å². The van der Waals surface area contributed by atoms with Crippen molar-refractivity contribution in [1.82, 2.24) is 0 Å². The van der Waals surface area contributed by atoms with Gasteiger partial charge in [0.15, 0.2) is 0 Å². The van der Waals surface area contributed by atoms with Gasteiger partial charge in [-0.15, -0.1) is 0 Å². The second-order valence-corrected chi connectivity index (χ2v) is 6.41. The molecule has 0 heterocycles. The molecule has 0 saturated heterocycles. The van der Waals surface area contributed by atoms with Crippen LogP contribution in [0.5, 0.6) is 0 Å². The molecule has 0 spiro atoms. The van der Waals surface area contributed by atoms with Crippen LogP contribution in [0, 0.1) is 16.7 Å². The van der Waals surface area contributed by atoms with Crippen LogP contribution in [0.1, 0.15) is 122 Å². The molecule has 0 N–H and O–H groups in total. The summed E-state index contributed by atoms with van der Waals surface area (Å²) in [7, 11) is 0. The van der Waals surface area contributed by atoms with Crippen LogP contribution in [-0.4, -0.2) is 5.78 Å². The van der Waals surface area contributed by atoms with Gasteiger partial charge in [-0.3, -0.25) is 4.79 Å². The number of ketones is 1. The summed E-state index contributed by atoms with van der Waals surface area (Å²) in [6, 6.07) is 0. The zero-order chi connectivity index (χ0) is 19.7. The molecule has 0 bridgehead atoms. The van der Waals surface area contributed by atoms with Crippen LogP contribution in [0.3, 0.4) is 0 Å². The molecule has 2 atom stereocenters. The Hall–Kier alpha value is -0.330. The Labute approximate surface area is 150 Å². The summed E-state index contributed by atoms with van der Waals surface area (Å²) in [5.74, 6) is 0.595. The molecular formula is C22H50O. The summed E-state index contributed by atoms with van der Waals surface area (Å²) in [6.07, 6.45) is 6.25. The Bertz CT molecular complexity index is 240. The standard InChI is InChI=1S/C12H22O.C4H10.3C2H6/c1-6-12(8-11(12,4)5)7-9(2)10(3)13;1-3-4-2;3*1-2/h9H,6-8H2,1-5H3;3-4H2,1-2H3;3*1-2H3. The number of hydrogen-bond acceptors (Lipinski definition) is 1. The average molecular weight is 331 g/mol. The Balaban J connectivity index is -0.000000152. The summed E-state index contributed by atoms with van der Waals surface area (Å²) in [5.41, 5.74) is 0.948. The van der Waals surface area contributed by atoms with Crippen molar-refractivity contribution in [2.75, 3.05) is 0 Å². The first kappa shape index (κ1) is 30.5. The lowest BCUT2D eigenvalue weighted by Crippen LogP contribution is -2.16. The van der Waals surface area contributed by atoms with Crippen molar-refractivity contribution in [2.24, 2.45) is 16.7 Å². The Morgan fingerprint density at radius 3 is 1.35 bits per heavy atom. The zero-order valence-electron chi connectivity index (χ0n) is 19.0. The van der Waals surface area contributed by atoms with E-state index in [2.05, 4.69) is 41.5 Å². The van der Waals surface area contributed by atoms with E-state index in [1.807, 2.05) is 41.5 Å². The number of carbonyl (C=O) groups excluding carboxylic acids is 1. The number of rotatable bonds is 5. The van der Waals surface area contributed by atoms with Crippen LogP contribution in [0.2, 0.25) is 0 Å². The van der Waals surface area contributed by atoms with E-state index in [1.165, 1.54) is 25.7 Å². The number of unbranched alkanes of at least 4 members (excludes halogenated alkanes) is 1. The second-order valence-electron chi connectivity index (χ2n) is 6.41. The predicted molar refractivity (Wildman–Crippen MR) is 110 cm³/mol. The van der Waals surface area contributed by atoms with E-state index in [4.69, 9.17) is 0 Å². The van der Waals surface area contributed by atoms with Gasteiger partial charge in [0.25, 0.3) is 0 Å². The summed E-state index contributed by atoms with van der Waals surface area (Å²) < 4.78 is 0. The highest BCUT2D eigenvalue weighted by Gasteiger charge is 2.59. The Morgan fingerprint density at radius 1 is 0.913 bits per heavy atom. The van der Waals surface area contributed by atoms with E-state index in [0.29, 0.717) is 16.6 Å². The smallest absolute Gasteiger partial charge is 0.132 e. The van der Waals surface area contributed by atoms with Crippen LogP contribution in [0.25, 0.3) is 0 Å². The molecule has 1 aliphatic rings. The SMILES string of the molecule is CC.CC.CC.CCC1(CC(C)C(C)=O)CC1(C)C.CCCC. The molecule has 23 heavy (non-hydrogen) atoms. The highest BCUT2D eigenvalue weighted by atomic mass is 16.1. The molecule has 2 unspecified atom stereocenters. The molecule has 0 aromatic rings. The van der Waals surface area contributed by atoms with E-state index in [1.54, 1.807) is 6.92 Å². The summed E-state index contributed by atoms with van der Waals surface area (Å²) in [6.45, 7) is 27.0. The minimum absolute atomic E-state index is 0.252. The summed E-state index contributed by atoms with van der Waals surface area (Å²) in [5, 5.41) is 0. The molecule has 1 rings (SSSR count). The highest BCUT2D eigenvalue weighted by Crippen LogP contribution is 2.68. The van der Waals surface area contributed by atoms with Crippen molar-refractivity contribution < 1.29 is 4.79 Å². The largest absolute Gasteiger partial charge is 0.300 e. The third kappa shape index (κ3) is 12.7. The van der Waals surface area contributed by atoms with Gasteiger partial charge in [-0.05, 0) is 37.0 Å². The molecule has 1 nitrogen and oxygen atoms in total. The van der Waals surface area contributed by atoms with Crippen LogP contribution < -0.4 is 0 Å². The molecule has 0 aromatic heterocycles. The van der Waals surface area contributed by atoms with Crippen LogP contribution in [0.4, 0.5) is 0 Å². The first-order chi connectivity index (χ1) is 10.8. The van der Waals surface area contributed by atoms with Crippen molar-refractivity contribution in [3.63, 3.8) is 0 Å². The van der Waals surface area contributed by atoms with Crippen molar-refractivity contribution in [3.05, 3.63) is 0 Å². The maximum Gasteiger partial charge on any atom is 0.132 e. The molecular weight excluding hydrogens is 280 g/mol. The molecule has 0 aromatic carbocycles. The van der Waals surface area contributed by atoms with Gasteiger partial charge in [-0.1, -0.05) is 95.9 Å². The van der Waals surface area contributed by atoms with E-state index < -0.39 is 0 Å². The molecule has 0 amide bonds. The normalized spacial score (nSPS) is 20.6. The van der Waals surface area contributed by atoms with Gasteiger partial charge in [0.1, 0.15) is 5.78 Å². The summed E-state index contributed by atoms with van der Waals surface area (Å²) in [4.78, 5) is 11.2. The molecule has 1 saturated carbocycles. The van der Waals surface area contributed by atoms with Crippen LogP contribution in [-0.2, 0) is 4.79 Å². The average Bonchev–Trinajstić information content (AvgIpc) is 3.14. The predicted octanol–water partition coefficient (Wildman–Crippen LogP) is 8.31. The second kappa shape index (κ2) is 18.0. The third-order valence-corrected chi connectivity index (χ3v) is 4.66. The quantitative estimate of drug-likeness (QED) is 0.495. The maximum atomic E-state index is 11.2. The monoisotopic (exact) mass is 330 g/mol. The van der Waals surface area contributed by atoms with E-state index >= 15 is 0 Å². The number of hydrogen-bond donors (Lipinski definition) is 0. The lowest BCUT2D eigenvalue weighted by atomic mass is 9.83. The van der Waals surface area contributed by atoms with Crippen molar-refractivity contribution in [1.29, 1.82) is 0 Å². The van der Waals surface area contributed by atoms with Gasteiger partial charge < -0.3 is 0 Å². The molecule has 1 fully saturated rings. The van der Waals surface area contributed by atoms with Gasteiger partial charge in [0, 0.05) is 5.92 Å². The first-order valence-corrected chi connectivity index (χ1v) is 10.3. The van der Waals surface area contributed by atoms with Crippen LogP contribution in [0.15, 0.2) is 0 Å². The number of Topliss-reactive ketones (excluding diaryl/α,β-unsaturated/α-hetero) is 1. The van der Waals surface area contributed by atoms with E-state index in [-0.39, 0.29) is 5.92 Å². The molecule has 0 aliphatic heterocycles. The van der Waals surface area contributed by atoms with E-state index in [0.717, 1.165) is 6.42 Å². The van der Waals surface area contributed by atoms with Gasteiger partial charge in [-0.25, -0.2) is 0 Å². The van der Waals surface area contributed by atoms with Crippen LogP contribution >= 0.6 is 0 Å². The molecule has 0 radical (unpaired) electrons. The fourth-order valence-corrected chi connectivity index (χ4v) is 2.63. The van der Waals surface area contributed by atoms with Gasteiger partial charge in [0.05, 0.1) is 0 Å². The van der Waals surface area contributed by atoms with Gasteiger partial charge >= 0.3 is 0 Å². The third-order valence-electron chi connectivity index (χ3n) is 4.66. The minimum Gasteiger partial charge on any atom is -0.300 e. The first-order valence-electron chi connectivity index (χ1n) is 10.3. The zero-order valence-corrected chi connectivity index (χ0v) is 19.0. The fourth-order valence-electron chi connectivity index (χ4n) is 2.63. The Kier molecular flexibility index (Phi) is 23.9. The van der Waals surface area contributed by atoms with Crippen molar-refractivity contribution in [3.8, 4) is 0 Å². The lowest BCUT2D eigenvalue weighted by molar-refractivity contribution is -0.120. The molecule has 1 aliphatic carbocycles. The highest BCUT2D eigenvalue weighted by molar-refractivity contribution is 5.77. The topological polar surface area (TPSA) is 17.1 Å². The lowest BCUT2D eigenvalue weighted by Gasteiger charge is -2.21. The minimum atomic E-state index is 0.252. The van der Waals surface area contributed by atoms with E-state index in [9.17, 15) is 4.79 Å². The van der Waals surface area contributed by atoms with Gasteiger partial charge in [-0.2, -0.15) is 0 Å². The van der Waals surface area contributed by atoms with Crippen molar-refractivity contribution >= 4 is 5.78 Å².